The first-order valence-corrected chi connectivity index (χ1v) is 3.69. The summed E-state index contributed by atoms with van der Waals surface area (Å²) in [5.74, 6) is 0.917. The highest BCUT2D eigenvalue weighted by Crippen LogP contribution is 2.16. The van der Waals surface area contributed by atoms with E-state index in [4.69, 9.17) is 5.73 Å². The van der Waals surface area contributed by atoms with Crippen molar-refractivity contribution >= 4 is 29.3 Å². The Hall–Kier alpha value is 0.270. The zero-order valence-corrected chi connectivity index (χ0v) is 6.63. The van der Waals surface area contributed by atoms with E-state index in [9.17, 15) is 4.79 Å². The Kier molecular flexibility index (Phi) is 4.27. The molecule has 0 amide bonds. The molecule has 1 saturated heterocycles. The third-order valence-electron chi connectivity index (χ3n) is 1.18. The molecule has 1 unspecified atom stereocenters. The van der Waals surface area contributed by atoms with Crippen LogP contribution in [-0.2, 0) is 4.79 Å². The van der Waals surface area contributed by atoms with Crippen LogP contribution in [0.3, 0.4) is 0 Å². The molecule has 1 rings (SSSR count). The van der Waals surface area contributed by atoms with E-state index in [-0.39, 0.29) is 23.6 Å². The van der Waals surface area contributed by atoms with Crippen LogP contribution < -0.4 is 5.73 Å². The lowest BCUT2D eigenvalue weighted by molar-refractivity contribution is -0.111. The van der Waals surface area contributed by atoms with Crippen LogP contribution in [-0.4, -0.2) is 16.9 Å². The summed E-state index contributed by atoms with van der Waals surface area (Å²) in [6, 6.07) is 0.142. The Labute approximate surface area is 65.0 Å². The van der Waals surface area contributed by atoms with Gasteiger partial charge in [0.15, 0.2) is 5.12 Å². The SMILES string of the molecule is Cl.NC1CCSC(=O)C1. The summed E-state index contributed by atoms with van der Waals surface area (Å²) < 4.78 is 0. The Bertz CT molecular complexity index is 109. The van der Waals surface area contributed by atoms with Crippen molar-refractivity contribution in [1.29, 1.82) is 0 Å². The van der Waals surface area contributed by atoms with E-state index in [1.807, 2.05) is 0 Å². The number of carbonyl (C=O) groups is 1. The molecule has 0 radical (unpaired) electrons. The zero-order valence-electron chi connectivity index (χ0n) is 5.00. The molecular formula is C5H10ClNOS. The highest BCUT2D eigenvalue weighted by Gasteiger charge is 2.15. The smallest absolute Gasteiger partial charge is 0.190 e. The van der Waals surface area contributed by atoms with Gasteiger partial charge >= 0.3 is 0 Å². The molecule has 1 fully saturated rings. The van der Waals surface area contributed by atoms with Crippen LogP contribution >= 0.6 is 24.2 Å². The van der Waals surface area contributed by atoms with Crippen LogP contribution in [0.5, 0.6) is 0 Å². The minimum atomic E-state index is 0. The number of hydrogen-bond acceptors (Lipinski definition) is 3. The lowest BCUT2D eigenvalue weighted by atomic mass is 10.2. The molecule has 54 valence electrons. The maximum absolute atomic E-state index is 10.6. The van der Waals surface area contributed by atoms with Gasteiger partial charge in [-0.2, -0.15) is 0 Å². The molecule has 0 aromatic carbocycles. The molecule has 0 bridgehead atoms. The molecule has 1 aliphatic rings. The Balaban J connectivity index is 0.000000640. The van der Waals surface area contributed by atoms with Gasteiger partial charge in [-0.05, 0) is 6.42 Å². The first kappa shape index (κ1) is 9.27. The van der Waals surface area contributed by atoms with Crippen molar-refractivity contribution in [1.82, 2.24) is 0 Å². The van der Waals surface area contributed by atoms with Crippen LogP contribution in [0, 0.1) is 0 Å². The van der Waals surface area contributed by atoms with E-state index in [0.717, 1.165) is 12.2 Å². The van der Waals surface area contributed by atoms with Crippen molar-refractivity contribution < 1.29 is 4.79 Å². The topological polar surface area (TPSA) is 43.1 Å². The molecule has 0 saturated carbocycles. The Morgan fingerprint density at radius 1 is 1.67 bits per heavy atom. The highest BCUT2D eigenvalue weighted by molar-refractivity contribution is 8.13. The maximum Gasteiger partial charge on any atom is 0.190 e. The standard InChI is InChI=1S/C5H9NOS.ClH/c6-4-1-2-8-5(7)3-4;/h4H,1-3,6H2;1H. The lowest BCUT2D eigenvalue weighted by Crippen LogP contribution is -2.27. The van der Waals surface area contributed by atoms with E-state index in [2.05, 4.69) is 0 Å². The van der Waals surface area contributed by atoms with Crippen molar-refractivity contribution in [3.05, 3.63) is 0 Å². The molecule has 2 N–H and O–H groups in total. The normalized spacial score (nSPS) is 27.2. The van der Waals surface area contributed by atoms with E-state index in [1.54, 1.807) is 0 Å². The van der Waals surface area contributed by atoms with Crippen molar-refractivity contribution in [3.8, 4) is 0 Å². The number of thioether (sulfide) groups is 1. The van der Waals surface area contributed by atoms with Crippen LogP contribution in [0.25, 0.3) is 0 Å². The fraction of sp³-hybridized carbons (Fsp3) is 0.800. The number of halogens is 1. The first-order chi connectivity index (χ1) is 3.79. The molecule has 0 aliphatic carbocycles. The molecule has 0 spiro atoms. The average Bonchev–Trinajstić information content (AvgIpc) is 1.64. The van der Waals surface area contributed by atoms with Gasteiger partial charge in [0, 0.05) is 18.2 Å². The van der Waals surface area contributed by atoms with E-state index in [1.165, 1.54) is 11.8 Å². The predicted molar refractivity (Wildman–Crippen MR) is 41.9 cm³/mol. The predicted octanol–water partition coefficient (Wildman–Crippen LogP) is 0.789. The Morgan fingerprint density at radius 3 is 2.67 bits per heavy atom. The van der Waals surface area contributed by atoms with Crippen LogP contribution in [0.2, 0.25) is 0 Å². The zero-order chi connectivity index (χ0) is 5.98. The van der Waals surface area contributed by atoms with Crippen molar-refractivity contribution in [3.63, 3.8) is 0 Å². The molecule has 1 heterocycles. The van der Waals surface area contributed by atoms with Gasteiger partial charge < -0.3 is 5.73 Å². The molecule has 0 aromatic heterocycles. The number of nitrogens with two attached hydrogens (primary N) is 1. The quantitative estimate of drug-likeness (QED) is 0.580. The van der Waals surface area contributed by atoms with Gasteiger partial charge in [-0.25, -0.2) is 0 Å². The number of carbonyl (C=O) groups excluding carboxylic acids is 1. The molecule has 4 heteroatoms. The van der Waals surface area contributed by atoms with E-state index in [0.29, 0.717) is 6.42 Å². The summed E-state index contributed by atoms with van der Waals surface area (Å²) in [5.41, 5.74) is 5.49. The highest BCUT2D eigenvalue weighted by atomic mass is 35.5. The van der Waals surface area contributed by atoms with Crippen molar-refractivity contribution in [2.24, 2.45) is 5.73 Å². The Morgan fingerprint density at radius 2 is 2.33 bits per heavy atom. The second-order valence-electron chi connectivity index (χ2n) is 1.97. The summed E-state index contributed by atoms with van der Waals surface area (Å²) >= 11 is 1.40. The fourth-order valence-corrected chi connectivity index (χ4v) is 1.68. The van der Waals surface area contributed by atoms with Gasteiger partial charge in [-0.15, -0.1) is 12.4 Å². The summed E-state index contributed by atoms with van der Waals surface area (Å²) in [7, 11) is 0. The second kappa shape index (κ2) is 4.14. The first-order valence-electron chi connectivity index (χ1n) is 2.70. The van der Waals surface area contributed by atoms with Gasteiger partial charge in [0.2, 0.25) is 0 Å². The monoisotopic (exact) mass is 167 g/mol. The molecule has 1 atom stereocenters. The summed E-state index contributed by atoms with van der Waals surface area (Å²) in [5, 5.41) is 0.253. The maximum atomic E-state index is 10.6. The lowest BCUT2D eigenvalue weighted by Gasteiger charge is -2.14. The van der Waals surface area contributed by atoms with Crippen LogP contribution in [0.1, 0.15) is 12.8 Å². The average molecular weight is 168 g/mol. The van der Waals surface area contributed by atoms with E-state index < -0.39 is 0 Å². The van der Waals surface area contributed by atoms with Crippen LogP contribution in [0.15, 0.2) is 0 Å². The van der Waals surface area contributed by atoms with Gasteiger partial charge in [0.25, 0.3) is 0 Å². The molecule has 0 aromatic rings. The van der Waals surface area contributed by atoms with Crippen molar-refractivity contribution in [2.45, 2.75) is 18.9 Å². The fourth-order valence-electron chi connectivity index (χ4n) is 0.699. The van der Waals surface area contributed by atoms with Gasteiger partial charge in [-0.1, -0.05) is 11.8 Å². The largest absolute Gasteiger partial charge is 0.327 e. The van der Waals surface area contributed by atoms with Crippen LogP contribution in [0.4, 0.5) is 0 Å². The molecule has 9 heavy (non-hydrogen) atoms. The van der Waals surface area contributed by atoms with E-state index >= 15 is 0 Å². The van der Waals surface area contributed by atoms with Gasteiger partial charge in [0.1, 0.15) is 0 Å². The summed E-state index contributed by atoms with van der Waals surface area (Å²) in [6.45, 7) is 0. The third-order valence-corrected chi connectivity index (χ3v) is 2.11. The molecule has 1 aliphatic heterocycles. The molecule has 2 nitrogen and oxygen atoms in total. The van der Waals surface area contributed by atoms with Gasteiger partial charge in [-0.3, -0.25) is 4.79 Å². The second-order valence-corrected chi connectivity index (χ2v) is 3.13. The molecular weight excluding hydrogens is 158 g/mol. The van der Waals surface area contributed by atoms with Gasteiger partial charge in [0.05, 0.1) is 0 Å². The summed E-state index contributed by atoms with van der Waals surface area (Å²) in [6.07, 6.45) is 1.57. The van der Waals surface area contributed by atoms with Crippen molar-refractivity contribution in [2.75, 3.05) is 5.75 Å². The third kappa shape index (κ3) is 3.08. The number of hydrogen-bond donors (Lipinski definition) is 1. The minimum absolute atomic E-state index is 0. The number of rotatable bonds is 0. The minimum Gasteiger partial charge on any atom is -0.327 e. The summed E-state index contributed by atoms with van der Waals surface area (Å²) in [4.78, 5) is 10.6.